The number of anilines is 1. The molecule has 0 atom stereocenters. The van der Waals surface area contributed by atoms with Crippen LogP contribution in [0.3, 0.4) is 0 Å². The Labute approximate surface area is 154 Å². The highest BCUT2D eigenvalue weighted by molar-refractivity contribution is 7.89. The van der Waals surface area contributed by atoms with Crippen LogP contribution in [0.15, 0.2) is 41.3 Å². The molecule has 2 aromatic rings. The van der Waals surface area contributed by atoms with E-state index in [1.807, 2.05) is 25.1 Å². The van der Waals surface area contributed by atoms with E-state index in [2.05, 4.69) is 10.0 Å². The highest BCUT2D eigenvalue weighted by atomic mass is 32.2. The van der Waals surface area contributed by atoms with Crippen LogP contribution in [-0.4, -0.2) is 28.0 Å². The van der Waals surface area contributed by atoms with Gasteiger partial charge < -0.3 is 10.1 Å². The monoisotopic (exact) mass is 376 g/mol. The van der Waals surface area contributed by atoms with Crippen LogP contribution in [0.5, 0.6) is 5.75 Å². The van der Waals surface area contributed by atoms with Gasteiger partial charge in [-0.3, -0.25) is 4.79 Å². The molecule has 2 N–H and O–H groups in total. The van der Waals surface area contributed by atoms with Gasteiger partial charge >= 0.3 is 0 Å². The molecule has 0 fully saturated rings. The number of carbonyl (C=O) groups excluding carboxylic acids is 1. The zero-order chi connectivity index (χ0) is 19.3. The van der Waals surface area contributed by atoms with Crippen molar-refractivity contribution in [3.63, 3.8) is 0 Å². The molecule has 2 rings (SSSR count). The van der Waals surface area contributed by atoms with Gasteiger partial charge in [-0.25, -0.2) is 13.1 Å². The smallest absolute Gasteiger partial charge is 0.240 e. The minimum absolute atomic E-state index is 0.153. The second-order valence-electron chi connectivity index (χ2n) is 6.12. The molecule has 26 heavy (non-hydrogen) atoms. The summed E-state index contributed by atoms with van der Waals surface area (Å²) in [5.41, 5.74) is 3.09. The van der Waals surface area contributed by atoms with Gasteiger partial charge in [0.1, 0.15) is 5.75 Å². The largest absolute Gasteiger partial charge is 0.496 e. The minimum atomic E-state index is -3.69. The number of rotatable bonds is 7. The maximum atomic E-state index is 12.6. The Morgan fingerprint density at radius 2 is 1.85 bits per heavy atom. The molecule has 0 saturated carbocycles. The number of sulfonamides is 1. The molecule has 140 valence electrons. The summed E-state index contributed by atoms with van der Waals surface area (Å²) in [4.78, 5) is 11.3. The normalized spacial score (nSPS) is 11.2. The minimum Gasteiger partial charge on any atom is -0.496 e. The van der Waals surface area contributed by atoms with E-state index in [-0.39, 0.29) is 17.3 Å². The zero-order valence-electron chi connectivity index (χ0n) is 15.4. The Hall–Kier alpha value is -2.38. The second kappa shape index (κ2) is 8.33. The Morgan fingerprint density at radius 3 is 2.50 bits per heavy atom. The van der Waals surface area contributed by atoms with Gasteiger partial charge in [0.15, 0.2) is 0 Å². The van der Waals surface area contributed by atoms with Crippen molar-refractivity contribution in [3.05, 3.63) is 53.1 Å². The summed E-state index contributed by atoms with van der Waals surface area (Å²) in [6.45, 7) is 5.31. The van der Waals surface area contributed by atoms with E-state index >= 15 is 0 Å². The number of carbonyl (C=O) groups is 1. The predicted octanol–water partition coefficient (Wildman–Crippen LogP) is 2.79. The summed E-state index contributed by atoms with van der Waals surface area (Å²) < 4.78 is 33.2. The molecular weight excluding hydrogens is 352 g/mol. The highest BCUT2D eigenvalue weighted by Gasteiger charge is 2.17. The Kier molecular flexibility index (Phi) is 6.39. The van der Waals surface area contributed by atoms with Crippen LogP contribution in [0.1, 0.15) is 23.6 Å². The number of amides is 1. The Bertz CT molecular complexity index is 908. The first kappa shape index (κ1) is 19.9. The molecule has 0 saturated heterocycles. The van der Waals surface area contributed by atoms with E-state index in [0.717, 1.165) is 16.9 Å². The molecule has 0 aliphatic carbocycles. The van der Waals surface area contributed by atoms with Crippen molar-refractivity contribution in [1.82, 2.24) is 4.72 Å². The summed E-state index contributed by atoms with van der Waals surface area (Å²) in [5, 5.41) is 2.60. The SMILES string of the molecule is COc1ccc(C)cc1CCNS(=O)(=O)c1cc(NC(C)=O)ccc1C. The molecule has 2 aromatic carbocycles. The Balaban J connectivity index is 2.14. The lowest BCUT2D eigenvalue weighted by Gasteiger charge is -2.13. The lowest BCUT2D eigenvalue weighted by Crippen LogP contribution is -2.27. The molecule has 7 heteroatoms. The van der Waals surface area contributed by atoms with Crippen molar-refractivity contribution in [3.8, 4) is 5.75 Å². The summed E-state index contributed by atoms with van der Waals surface area (Å²) in [6.07, 6.45) is 0.508. The van der Waals surface area contributed by atoms with E-state index in [9.17, 15) is 13.2 Å². The number of nitrogens with one attached hydrogen (secondary N) is 2. The topological polar surface area (TPSA) is 84.5 Å². The lowest BCUT2D eigenvalue weighted by molar-refractivity contribution is -0.114. The van der Waals surface area contributed by atoms with E-state index in [0.29, 0.717) is 17.7 Å². The molecular formula is C19H24N2O4S. The number of methoxy groups -OCH3 is 1. The molecule has 0 aliphatic heterocycles. The van der Waals surface area contributed by atoms with Gasteiger partial charge in [0.05, 0.1) is 12.0 Å². The van der Waals surface area contributed by atoms with Gasteiger partial charge in [-0.05, 0) is 49.6 Å². The summed E-state index contributed by atoms with van der Waals surface area (Å²) in [5.74, 6) is 0.482. The van der Waals surface area contributed by atoms with Crippen LogP contribution < -0.4 is 14.8 Å². The summed E-state index contributed by atoms with van der Waals surface area (Å²) >= 11 is 0. The first-order chi connectivity index (χ1) is 12.2. The summed E-state index contributed by atoms with van der Waals surface area (Å²) in [7, 11) is -2.10. The molecule has 0 heterocycles. The van der Waals surface area contributed by atoms with Gasteiger partial charge in [0.25, 0.3) is 0 Å². The summed E-state index contributed by atoms with van der Waals surface area (Å²) in [6, 6.07) is 10.6. The molecule has 6 nitrogen and oxygen atoms in total. The Morgan fingerprint density at radius 1 is 1.12 bits per heavy atom. The predicted molar refractivity (Wildman–Crippen MR) is 102 cm³/mol. The van der Waals surface area contributed by atoms with E-state index < -0.39 is 10.0 Å². The quantitative estimate of drug-likeness (QED) is 0.778. The maximum absolute atomic E-state index is 12.6. The number of benzene rings is 2. The van der Waals surface area contributed by atoms with Crippen LogP contribution in [-0.2, 0) is 21.2 Å². The van der Waals surface area contributed by atoms with Crippen molar-refractivity contribution in [1.29, 1.82) is 0 Å². The number of ether oxygens (including phenoxy) is 1. The molecule has 0 aromatic heterocycles. The number of hydrogen-bond acceptors (Lipinski definition) is 4. The second-order valence-corrected chi connectivity index (χ2v) is 7.86. The van der Waals surface area contributed by atoms with Gasteiger partial charge in [-0.2, -0.15) is 0 Å². The molecule has 0 bridgehead atoms. The third-order valence-corrected chi connectivity index (χ3v) is 5.52. The van der Waals surface area contributed by atoms with Crippen LogP contribution in [0.2, 0.25) is 0 Å². The standard InChI is InChI=1S/C19H24N2O4S/c1-13-5-8-18(25-4)16(11-13)9-10-20-26(23,24)19-12-17(21-15(3)22)7-6-14(19)2/h5-8,11-12,20H,9-10H2,1-4H3,(H,21,22). The maximum Gasteiger partial charge on any atom is 0.240 e. The van der Waals surface area contributed by atoms with Crippen molar-refractivity contribution in [2.24, 2.45) is 0 Å². The number of hydrogen-bond donors (Lipinski definition) is 2. The average Bonchev–Trinajstić information content (AvgIpc) is 2.56. The van der Waals surface area contributed by atoms with Gasteiger partial charge in [0.2, 0.25) is 15.9 Å². The zero-order valence-corrected chi connectivity index (χ0v) is 16.2. The average molecular weight is 376 g/mol. The van der Waals surface area contributed by atoms with E-state index in [1.54, 1.807) is 26.2 Å². The fourth-order valence-electron chi connectivity index (χ4n) is 2.67. The van der Waals surface area contributed by atoms with Crippen LogP contribution >= 0.6 is 0 Å². The first-order valence-electron chi connectivity index (χ1n) is 8.24. The third-order valence-electron chi connectivity index (χ3n) is 3.92. The van der Waals surface area contributed by atoms with E-state index in [4.69, 9.17) is 4.74 Å². The van der Waals surface area contributed by atoms with Crippen molar-refractivity contribution in [2.45, 2.75) is 32.1 Å². The van der Waals surface area contributed by atoms with Crippen LogP contribution in [0, 0.1) is 13.8 Å². The van der Waals surface area contributed by atoms with Gasteiger partial charge in [0, 0.05) is 19.2 Å². The van der Waals surface area contributed by atoms with E-state index in [1.165, 1.54) is 13.0 Å². The van der Waals surface area contributed by atoms with Crippen molar-refractivity contribution in [2.75, 3.05) is 19.0 Å². The van der Waals surface area contributed by atoms with Gasteiger partial charge in [-0.1, -0.05) is 23.8 Å². The molecule has 0 radical (unpaired) electrons. The van der Waals surface area contributed by atoms with Crippen molar-refractivity contribution >= 4 is 21.6 Å². The highest BCUT2D eigenvalue weighted by Crippen LogP contribution is 2.22. The molecule has 0 spiro atoms. The molecule has 1 amide bonds. The molecule has 0 unspecified atom stereocenters. The molecule has 0 aliphatic rings. The fourth-order valence-corrected chi connectivity index (χ4v) is 3.97. The number of aryl methyl sites for hydroxylation is 2. The lowest BCUT2D eigenvalue weighted by atomic mass is 10.1. The van der Waals surface area contributed by atoms with Gasteiger partial charge in [-0.15, -0.1) is 0 Å². The van der Waals surface area contributed by atoms with Crippen LogP contribution in [0.4, 0.5) is 5.69 Å². The first-order valence-corrected chi connectivity index (χ1v) is 9.72. The van der Waals surface area contributed by atoms with Crippen molar-refractivity contribution < 1.29 is 17.9 Å². The van der Waals surface area contributed by atoms with Crippen LogP contribution in [0.25, 0.3) is 0 Å². The fraction of sp³-hybridized carbons (Fsp3) is 0.316. The third kappa shape index (κ3) is 5.06.